The third-order valence-electron chi connectivity index (χ3n) is 3.43. The van der Waals surface area contributed by atoms with Gasteiger partial charge in [0, 0.05) is 11.6 Å². The minimum Gasteiger partial charge on any atom is -0.297 e. The highest BCUT2D eigenvalue weighted by molar-refractivity contribution is 8.01. The zero-order valence-electron chi connectivity index (χ0n) is 14.3. The molecule has 0 atom stereocenters. The third-order valence-corrected chi connectivity index (χ3v) is 5.40. The maximum absolute atomic E-state index is 12.9. The lowest BCUT2D eigenvalue weighted by Gasteiger charge is -1.98. The van der Waals surface area contributed by atoms with Crippen LogP contribution in [0.25, 0.3) is 6.08 Å². The lowest BCUT2D eigenvalue weighted by Crippen LogP contribution is -2.07. The van der Waals surface area contributed by atoms with Crippen molar-refractivity contribution < 1.29 is 18.4 Å². The van der Waals surface area contributed by atoms with Gasteiger partial charge in [0.1, 0.15) is 11.6 Å². The number of hydrogen-bond donors (Lipinski definition) is 1. The summed E-state index contributed by atoms with van der Waals surface area (Å²) in [5.74, 6) is -1.19. The maximum atomic E-state index is 12.9. The molecular weight excluding hydrogens is 404 g/mol. The van der Waals surface area contributed by atoms with Crippen LogP contribution in [0.1, 0.15) is 15.9 Å². The van der Waals surface area contributed by atoms with Crippen LogP contribution >= 0.6 is 23.1 Å². The molecule has 1 amide bonds. The Bertz CT molecular complexity index is 1000. The lowest BCUT2D eigenvalue weighted by atomic mass is 10.1. The van der Waals surface area contributed by atoms with E-state index in [9.17, 15) is 18.4 Å². The topological polar surface area (TPSA) is 72.0 Å². The molecule has 0 unspecified atom stereocenters. The number of anilines is 1. The molecule has 1 heterocycles. The zero-order chi connectivity index (χ0) is 19.9. The van der Waals surface area contributed by atoms with E-state index in [0.717, 1.165) is 11.3 Å². The van der Waals surface area contributed by atoms with Crippen molar-refractivity contribution in [1.82, 2.24) is 10.2 Å². The number of amides is 1. The summed E-state index contributed by atoms with van der Waals surface area (Å²) in [5, 5.41) is 10.6. The number of carbonyl (C=O) groups is 2. The van der Waals surface area contributed by atoms with Gasteiger partial charge in [-0.3, -0.25) is 14.9 Å². The van der Waals surface area contributed by atoms with Crippen molar-refractivity contribution in [3.63, 3.8) is 0 Å². The van der Waals surface area contributed by atoms with Gasteiger partial charge >= 0.3 is 0 Å². The van der Waals surface area contributed by atoms with Crippen LogP contribution in [0.5, 0.6) is 0 Å². The number of aromatic nitrogens is 2. The number of thioether (sulfide) groups is 1. The van der Waals surface area contributed by atoms with E-state index in [1.54, 1.807) is 18.2 Å². The van der Waals surface area contributed by atoms with E-state index in [-0.39, 0.29) is 17.4 Å². The van der Waals surface area contributed by atoms with Gasteiger partial charge in [0.2, 0.25) is 11.0 Å². The van der Waals surface area contributed by atoms with E-state index in [2.05, 4.69) is 15.5 Å². The van der Waals surface area contributed by atoms with Crippen molar-refractivity contribution in [1.29, 1.82) is 0 Å². The molecule has 0 aliphatic rings. The first-order valence-corrected chi connectivity index (χ1v) is 9.79. The molecule has 9 heteroatoms. The first-order chi connectivity index (χ1) is 13.5. The Hall–Kier alpha value is -2.91. The fourth-order valence-corrected chi connectivity index (χ4v) is 3.71. The number of halogens is 2. The standard InChI is InChI=1S/C19H13F2N3O2S2/c20-14-6-1-12(2-7-14)3-10-17(26)22-18-23-24-19(28-18)27-11-16(25)13-4-8-15(21)9-5-13/h1-10H,11H2,(H,22,23,26). The molecule has 28 heavy (non-hydrogen) atoms. The second-order valence-corrected chi connectivity index (χ2v) is 7.67. The first kappa shape index (κ1) is 19.8. The minimum absolute atomic E-state index is 0.124. The summed E-state index contributed by atoms with van der Waals surface area (Å²) in [6.45, 7) is 0. The van der Waals surface area contributed by atoms with E-state index >= 15 is 0 Å². The fourth-order valence-electron chi connectivity index (χ4n) is 2.06. The van der Waals surface area contributed by atoms with Crippen LogP contribution in [-0.4, -0.2) is 27.6 Å². The van der Waals surface area contributed by atoms with Gasteiger partial charge in [-0.15, -0.1) is 10.2 Å². The van der Waals surface area contributed by atoms with Crippen LogP contribution in [0, 0.1) is 11.6 Å². The number of benzene rings is 2. The van der Waals surface area contributed by atoms with E-state index in [0.29, 0.717) is 20.6 Å². The molecule has 2 aromatic carbocycles. The van der Waals surface area contributed by atoms with Gasteiger partial charge < -0.3 is 0 Å². The molecule has 142 valence electrons. The zero-order valence-corrected chi connectivity index (χ0v) is 15.9. The number of carbonyl (C=O) groups excluding carboxylic acids is 2. The Morgan fingerprint density at radius 1 is 1.00 bits per heavy atom. The van der Waals surface area contributed by atoms with Gasteiger partial charge in [0.25, 0.3) is 0 Å². The van der Waals surface area contributed by atoms with Gasteiger partial charge in [0.15, 0.2) is 10.1 Å². The van der Waals surface area contributed by atoms with Gasteiger partial charge in [-0.25, -0.2) is 8.78 Å². The molecule has 0 aliphatic heterocycles. The second-order valence-electron chi connectivity index (χ2n) is 5.47. The van der Waals surface area contributed by atoms with Crippen molar-refractivity contribution in [2.24, 2.45) is 0 Å². The molecule has 0 saturated carbocycles. The molecule has 3 aromatic rings. The highest BCUT2D eigenvalue weighted by Gasteiger charge is 2.11. The predicted octanol–water partition coefficient (Wildman–Crippen LogP) is 4.44. The summed E-state index contributed by atoms with van der Waals surface area (Å²) < 4.78 is 26.3. The molecule has 0 aliphatic carbocycles. The summed E-state index contributed by atoms with van der Waals surface area (Å²) in [5.41, 5.74) is 1.10. The highest BCUT2D eigenvalue weighted by atomic mass is 32.2. The second kappa shape index (κ2) is 9.34. The number of hydrogen-bond acceptors (Lipinski definition) is 6. The Morgan fingerprint density at radius 3 is 2.32 bits per heavy atom. The summed E-state index contributed by atoms with van der Waals surface area (Å²) in [6, 6.07) is 11.0. The number of Topliss-reactive ketones (excluding diaryl/α,β-unsaturated/α-hetero) is 1. The normalized spacial score (nSPS) is 10.9. The van der Waals surface area contributed by atoms with Gasteiger partial charge in [0.05, 0.1) is 5.75 Å². The van der Waals surface area contributed by atoms with Crippen LogP contribution in [0.4, 0.5) is 13.9 Å². The molecule has 0 fully saturated rings. The smallest absolute Gasteiger partial charge is 0.250 e. The van der Waals surface area contributed by atoms with Crippen molar-refractivity contribution >= 4 is 46.0 Å². The van der Waals surface area contributed by atoms with Gasteiger partial charge in [-0.2, -0.15) is 0 Å². The molecule has 0 saturated heterocycles. The number of nitrogens with one attached hydrogen (secondary N) is 1. The van der Waals surface area contributed by atoms with Crippen LogP contribution in [0.3, 0.4) is 0 Å². The summed E-state index contributed by atoms with van der Waals surface area (Å²) in [6.07, 6.45) is 2.85. The Balaban J connectivity index is 1.50. The van der Waals surface area contributed by atoms with Gasteiger partial charge in [-0.05, 0) is 48.0 Å². The average molecular weight is 417 g/mol. The minimum atomic E-state index is -0.403. The molecule has 0 bridgehead atoms. The molecule has 5 nitrogen and oxygen atoms in total. The van der Waals surface area contributed by atoms with Crippen LogP contribution in [-0.2, 0) is 4.79 Å². The van der Waals surface area contributed by atoms with E-state index in [1.807, 2.05) is 0 Å². The molecule has 1 N–H and O–H groups in total. The van der Waals surface area contributed by atoms with Crippen LogP contribution < -0.4 is 5.32 Å². The number of rotatable bonds is 7. The summed E-state index contributed by atoms with van der Waals surface area (Å²) in [4.78, 5) is 24.0. The predicted molar refractivity (Wildman–Crippen MR) is 105 cm³/mol. The SMILES string of the molecule is O=C(C=Cc1ccc(F)cc1)Nc1nnc(SCC(=O)c2ccc(F)cc2)s1. The largest absolute Gasteiger partial charge is 0.297 e. The Labute approximate surface area is 167 Å². The van der Waals surface area contributed by atoms with Crippen molar-refractivity contribution in [2.75, 3.05) is 11.1 Å². The van der Waals surface area contributed by atoms with E-state index in [1.165, 1.54) is 54.2 Å². The van der Waals surface area contributed by atoms with E-state index in [4.69, 9.17) is 0 Å². The van der Waals surface area contributed by atoms with Crippen molar-refractivity contribution in [2.45, 2.75) is 4.34 Å². The van der Waals surface area contributed by atoms with Crippen molar-refractivity contribution in [3.8, 4) is 0 Å². The van der Waals surface area contributed by atoms with Crippen molar-refractivity contribution in [3.05, 3.63) is 77.4 Å². The maximum Gasteiger partial charge on any atom is 0.250 e. The number of nitrogens with zero attached hydrogens (tertiary/aromatic N) is 2. The Morgan fingerprint density at radius 2 is 1.64 bits per heavy atom. The quantitative estimate of drug-likeness (QED) is 0.266. The lowest BCUT2D eigenvalue weighted by molar-refractivity contribution is -0.111. The highest BCUT2D eigenvalue weighted by Crippen LogP contribution is 2.26. The van der Waals surface area contributed by atoms with Crippen LogP contribution in [0.15, 0.2) is 58.9 Å². The molecule has 3 rings (SSSR count). The molecular formula is C19H13F2N3O2S2. The first-order valence-electron chi connectivity index (χ1n) is 7.99. The van der Waals surface area contributed by atoms with Crippen LogP contribution in [0.2, 0.25) is 0 Å². The summed E-state index contributed by atoms with van der Waals surface area (Å²) in [7, 11) is 0. The molecule has 1 aromatic heterocycles. The third kappa shape index (κ3) is 5.80. The Kier molecular flexibility index (Phi) is 6.62. The van der Waals surface area contributed by atoms with Gasteiger partial charge in [-0.1, -0.05) is 35.2 Å². The molecule has 0 spiro atoms. The molecule has 0 radical (unpaired) electrons. The monoisotopic (exact) mass is 417 g/mol. The van der Waals surface area contributed by atoms with E-state index < -0.39 is 11.7 Å². The fraction of sp³-hybridized carbons (Fsp3) is 0.0526. The average Bonchev–Trinajstić information content (AvgIpc) is 3.13. The number of ketones is 1. The summed E-state index contributed by atoms with van der Waals surface area (Å²) >= 11 is 2.32.